The molecular weight excluding hydrogens is 309 g/mol. The Morgan fingerprint density at radius 2 is 2.17 bits per heavy atom. The molecule has 2 unspecified atom stereocenters. The first-order chi connectivity index (χ1) is 11.6. The van der Waals surface area contributed by atoms with Crippen LogP contribution in [-0.2, 0) is 11.3 Å². The number of benzene rings is 1. The van der Waals surface area contributed by atoms with Gasteiger partial charge in [-0.25, -0.2) is 4.39 Å². The van der Waals surface area contributed by atoms with E-state index in [1.54, 1.807) is 18.3 Å². The molecule has 0 spiro atoms. The van der Waals surface area contributed by atoms with Crippen molar-refractivity contribution in [2.24, 2.45) is 0 Å². The predicted octanol–water partition coefficient (Wildman–Crippen LogP) is 2.96. The SMILES string of the molecule is Cc1oncc1CNC1CCCN(C(C)c2ccc(F)cc2)C1=O. The Kier molecular flexibility index (Phi) is 4.94. The summed E-state index contributed by atoms with van der Waals surface area (Å²) in [6.07, 6.45) is 3.43. The number of likely N-dealkylation sites (tertiary alicyclic amines) is 1. The third kappa shape index (κ3) is 3.48. The number of piperidine rings is 1. The second-order valence-electron chi connectivity index (χ2n) is 6.24. The van der Waals surface area contributed by atoms with Gasteiger partial charge in [0.15, 0.2) is 0 Å². The van der Waals surface area contributed by atoms with Gasteiger partial charge in [-0.2, -0.15) is 0 Å². The summed E-state index contributed by atoms with van der Waals surface area (Å²) < 4.78 is 18.1. The highest BCUT2D eigenvalue weighted by molar-refractivity contribution is 5.83. The molecule has 1 N–H and O–H groups in total. The number of hydrogen-bond acceptors (Lipinski definition) is 4. The van der Waals surface area contributed by atoms with Crippen LogP contribution in [0, 0.1) is 12.7 Å². The minimum absolute atomic E-state index is 0.0694. The van der Waals surface area contributed by atoms with Crippen LogP contribution in [0.4, 0.5) is 4.39 Å². The van der Waals surface area contributed by atoms with Crippen molar-refractivity contribution in [1.29, 1.82) is 0 Å². The maximum atomic E-state index is 13.1. The topological polar surface area (TPSA) is 58.4 Å². The fraction of sp³-hybridized carbons (Fsp3) is 0.444. The van der Waals surface area contributed by atoms with Gasteiger partial charge in [0.1, 0.15) is 11.6 Å². The summed E-state index contributed by atoms with van der Waals surface area (Å²) in [5.74, 6) is 0.592. The van der Waals surface area contributed by atoms with Crippen molar-refractivity contribution in [3.05, 3.63) is 53.2 Å². The monoisotopic (exact) mass is 331 g/mol. The van der Waals surface area contributed by atoms with Gasteiger partial charge in [-0.3, -0.25) is 4.79 Å². The molecule has 1 aliphatic rings. The fourth-order valence-corrected chi connectivity index (χ4v) is 3.12. The molecule has 3 rings (SSSR count). The third-order valence-electron chi connectivity index (χ3n) is 4.68. The van der Waals surface area contributed by atoms with Crippen LogP contribution in [0.1, 0.15) is 42.7 Å². The highest BCUT2D eigenvalue weighted by Gasteiger charge is 2.31. The lowest BCUT2D eigenvalue weighted by molar-refractivity contribution is -0.138. The molecule has 24 heavy (non-hydrogen) atoms. The maximum absolute atomic E-state index is 13.1. The molecule has 0 bridgehead atoms. The predicted molar refractivity (Wildman–Crippen MR) is 87.6 cm³/mol. The first-order valence-corrected chi connectivity index (χ1v) is 8.25. The van der Waals surface area contributed by atoms with Crippen molar-refractivity contribution in [2.45, 2.75) is 45.3 Å². The third-order valence-corrected chi connectivity index (χ3v) is 4.68. The van der Waals surface area contributed by atoms with Crippen LogP contribution in [0.2, 0.25) is 0 Å². The zero-order valence-electron chi connectivity index (χ0n) is 14.0. The van der Waals surface area contributed by atoms with Crippen molar-refractivity contribution in [3.8, 4) is 0 Å². The van der Waals surface area contributed by atoms with Crippen molar-refractivity contribution in [2.75, 3.05) is 6.54 Å². The minimum atomic E-state index is -0.264. The lowest BCUT2D eigenvalue weighted by atomic mass is 9.99. The number of carbonyl (C=O) groups is 1. The van der Waals surface area contributed by atoms with Crippen LogP contribution in [0.15, 0.2) is 35.0 Å². The molecule has 128 valence electrons. The van der Waals surface area contributed by atoms with Crippen molar-refractivity contribution >= 4 is 5.91 Å². The molecular formula is C18H22FN3O2. The summed E-state index contributed by atoms with van der Waals surface area (Å²) in [5, 5.41) is 7.06. The van der Waals surface area contributed by atoms with E-state index in [0.29, 0.717) is 6.54 Å². The van der Waals surface area contributed by atoms with Gasteiger partial charge >= 0.3 is 0 Å². The van der Waals surface area contributed by atoms with E-state index in [1.807, 2.05) is 18.7 Å². The summed E-state index contributed by atoms with van der Waals surface area (Å²) in [6, 6.07) is 6.07. The summed E-state index contributed by atoms with van der Waals surface area (Å²) in [6.45, 7) is 5.12. The number of hydrogen-bond donors (Lipinski definition) is 1. The summed E-state index contributed by atoms with van der Waals surface area (Å²) >= 11 is 0. The first-order valence-electron chi connectivity index (χ1n) is 8.25. The Balaban J connectivity index is 1.65. The molecule has 1 fully saturated rings. The van der Waals surface area contributed by atoms with Gasteiger partial charge < -0.3 is 14.7 Å². The molecule has 1 aliphatic heterocycles. The largest absolute Gasteiger partial charge is 0.361 e. The van der Waals surface area contributed by atoms with Crippen LogP contribution in [-0.4, -0.2) is 28.6 Å². The molecule has 5 nitrogen and oxygen atoms in total. The number of carbonyl (C=O) groups excluding carboxylic acids is 1. The van der Waals surface area contributed by atoms with Gasteiger partial charge in [-0.05, 0) is 44.4 Å². The number of amides is 1. The van der Waals surface area contributed by atoms with E-state index in [9.17, 15) is 9.18 Å². The number of nitrogens with one attached hydrogen (secondary N) is 1. The Bertz CT molecular complexity index is 699. The smallest absolute Gasteiger partial charge is 0.240 e. The number of rotatable bonds is 5. The number of halogens is 1. The van der Waals surface area contributed by atoms with Crippen LogP contribution in [0.5, 0.6) is 0 Å². The van der Waals surface area contributed by atoms with Crippen LogP contribution < -0.4 is 5.32 Å². The average Bonchev–Trinajstić information content (AvgIpc) is 2.99. The average molecular weight is 331 g/mol. The summed E-state index contributed by atoms with van der Waals surface area (Å²) in [4.78, 5) is 14.7. The van der Waals surface area contributed by atoms with E-state index in [0.717, 1.165) is 36.3 Å². The molecule has 1 aromatic heterocycles. The van der Waals surface area contributed by atoms with Gasteiger partial charge in [0.2, 0.25) is 5.91 Å². The summed E-state index contributed by atoms with van der Waals surface area (Å²) in [7, 11) is 0. The van der Waals surface area contributed by atoms with Gasteiger partial charge in [0.05, 0.1) is 18.3 Å². The Morgan fingerprint density at radius 3 is 2.83 bits per heavy atom. The van der Waals surface area contributed by atoms with Crippen LogP contribution >= 0.6 is 0 Å². The van der Waals surface area contributed by atoms with E-state index in [1.165, 1.54) is 12.1 Å². The second kappa shape index (κ2) is 7.13. The van der Waals surface area contributed by atoms with E-state index < -0.39 is 0 Å². The number of aromatic nitrogens is 1. The number of nitrogens with zero attached hydrogens (tertiary/aromatic N) is 2. The standard InChI is InChI=1S/C18H22FN3O2/c1-12(14-5-7-16(19)8-6-14)22-9-3-4-17(18(22)23)20-10-15-11-21-24-13(15)2/h5-8,11-12,17,20H,3-4,9-10H2,1-2H3. The molecule has 6 heteroatoms. The minimum Gasteiger partial charge on any atom is -0.361 e. The van der Waals surface area contributed by atoms with Crippen molar-refractivity contribution in [1.82, 2.24) is 15.4 Å². The zero-order chi connectivity index (χ0) is 17.1. The Morgan fingerprint density at radius 1 is 1.42 bits per heavy atom. The second-order valence-corrected chi connectivity index (χ2v) is 6.24. The first kappa shape index (κ1) is 16.6. The van der Waals surface area contributed by atoms with Crippen LogP contribution in [0.3, 0.4) is 0 Å². The van der Waals surface area contributed by atoms with Gasteiger partial charge in [0.25, 0.3) is 0 Å². The molecule has 0 radical (unpaired) electrons. The van der Waals surface area contributed by atoms with E-state index >= 15 is 0 Å². The molecule has 1 amide bonds. The maximum Gasteiger partial charge on any atom is 0.240 e. The Labute approximate surface area is 140 Å². The molecule has 0 aliphatic carbocycles. The number of aryl methyl sites for hydroxylation is 1. The molecule has 2 aromatic rings. The highest BCUT2D eigenvalue weighted by Crippen LogP contribution is 2.25. The molecule has 0 saturated carbocycles. The van der Waals surface area contributed by atoms with Gasteiger partial charge in [0, 0.05) is 18.7 Å². The van der Waals surface area contributed by atoms with Gasteiger partial charge in [-0.15, -0.1) is 0 Å². The highest BCUT2D eigenvalue weighted by atomic mass is 19.1. The Hall–Kier alpha value is -2.21. The van der Waals surface area contributed by atoms with Crippen molar-refractivity contribution in [3.63, 3.8) is 0 Å². The fourth-order valence-electron chi connectivity index (χ4n) is 3.12. The van der Waals surface area contributed by atoms with E-state index in [-0.39, 0.29) is 23.8 Å². The normalized spacial score (nSPS) is 19.5. The van der Waals surface area contributed by atoms with E-state index in [2.05, 4.69) is 10.5 Å². The van der Waals surface area contributed by atoms with Crippen LogP contribution in [0.25, 0.3) is 0 Å². The molecule has 2 atom stereocenters. The molecule has 2 heterocycles. The molecule has 1 aromatic carbocycles. The van der Waals surface area contributed by atoms with Gasteiger partial charge in [-0.1, -0.05) is 17.3 Å². The zero-order valence-corrected chi connectivity index (χ0v) is 14.0. The summed E-state index contributed by atoms with van der Waals surface area (Å²) in [5.41, 5.74) is 1.91. The lowest BCUT2D eigenvalue weighted by Crippen LogP contribution is -2.51. The van der Waals surface area contributed by atoms with Crippen molar-refractivity contribution < 1.29 is 13.7 Å². The quantitative estimate of drug-likeness (QED) is 0.915. The van der Waals surface area contributed by atoms with E-state index in [4.69, 9.17) is 4.52 Å². The lowest BCUT2D eigenvalue weighted by Gasteiger charge is -2.37. The molecule has 1 saturated heterocycles.